The van der Waals surface area contributed by atoms with Crippen molar-refractivity contribution >= 4 is 0 Å². The quantitative estimate of drug-likeness (QED) is 0.901. The van der Waals surface area contributed by atoms with Gasteiger partial charge in [0.15, 0.2) is 0 Å². The van der Waals surface area contributed by atoms with Gasteiger partial charge in [-0.3, -0.25) is 4.98 Å². The molecule has 1 aromatic carbocycles. The minimum atomic E-state index is -0.217. The molecule has 0 radical (unpaired) electrons. The summed E-state index contributed by atoms with van der Waals surface area (Å²) < 4.78 is 13.2. The number of halogens is 1. The highest BCUT2D eigenvalue weighted by molar-refractivity contribution is 5.31. The molecule has 3 heteroatoms. The van der Waals surface area contributed by atoms with Gasteiger partial charge < -0.3 is 5.73 Å². The summed E-state index contributed by atoms with van der Waals surface area (Å²) in [4.78, 5) is 4.09. The fourth-order valence-corrected chi connectivity index (χ4v) is 2.07. The summed E-state index contributed by atoms with van der Waals surface area (Å²) in [5, 5.41) is 0. The van der Waals surface area contributed by atoms with Crippen LogP contribution in [-0.2, 0) is 6.42 Å². The summed E-state index contributed by atoms with van der Waals surface area (Å²) in [6.07, 6.45) is 4.16. The van der Waals surface area contributed by atoms with Crippen molar-refractivity contribution in [2.45, 2.75) is 26.3 Å². The molecule has 1 atom stereocenters. The van der Waals surface area contributed by atoms with Crippen molar-refractivity contribution in [2.75, 3.05) is 0 Å². The third-order valence-electron chi connectivity index (χ3n) is 3.23. The van der Waals surface area contributed by atoms with Crippen molar-refractivity contribution in [3.05, 3.63) is 64.7 Å². The zero-order valence-electron chi connectivity index (χ0n) is 10.7. The van der Waals surface area contributed by atoms with Gasteiger partial charge in [0.2, 0.25) is 0 Å². The van der Waals surface area contributed by atoms with Gasteiger partial charge in [0.25, 0.3) is 0 Å². The SMILES string of the molecule is Cc1ccc(F)cc1CC(N)c1cnccc1C. The van der Waals surface area contributed by atoms with Crippen LogP contribution in [0.1, 0.15) is 28.3 Å². The molecule has 0 aliphatic heterocycles. The summed E-state index contributed by atoms with van der Waals surface area (Å²) in [7, 11) is 0. The van der Waals surface area contributed by atoms with E-state index in [9.17, 15) is 4.39 Å². The van der Waals surface area contributed by atoms with E-state index in [0.717, 1.165) is 22.3 Å². The molecule has 0 fully saturated rings. The molecule has 0 saturated carbocycles. The molecule has 18 heavy (non-hydrogen) atoms. The van der Waals surface area contributed by atoms with Crippen LogP contribution in [0.2, 0.25) is 0 Å². The van der Waals surface area contributed by atoms with E-state index in [0.29, 0.717) is 6.42 Å². The smallest absolute Gasteiger partial charge is 0.123 e. The first-order valence-electron chi connectivity index (χ1n) is 5.99. The van der Waals surface area contributed by atoms with Gasteiger partial charge in [0.05, 0.1) is 0 Å². The Hall–Kier alpha value is -1.74. The van der Waals surface area contributed by atoms with Crippen LogP contribution < -0.4 is 5.73 Å². The van der Waals surface area contributed by atoms with E-state index in [1.54, 1.807) is 24.5 Å². The van der Waals surface area contributed by atoms with Crippen molar-refractivity contribution in [3.8, 4) is 0 Å². The van der Waals surface area contributed by atoms with E-state index >= 15 is 0 Å². The van der Waals surface area contributed by atoms with Crippen LogP contribution in [0.4, 0.5) is 4.39 Å². The zero-order chi connectivity index (χ0) is 13.1. The van der Waals surface area contributed by atoms with Gasteiger partial charge in [-0.2, -0.15) is 0 Å². The number of aromatic nitrogens is 1. The van der Waals surface area contributed by atoms with Gasteiger partial charge in [0, 0.05) is 18.4 Å². The van der Waals surface area contributed by atoms with Crippen LogP contribution in [0.5, 0.6) is 0 Å². The van der Waals surface area contributed by atoms with Crippen molar-refractivity contribution in [2.24, 2.45) is 5.73 Å². The van der Waals surface area contributed by atoms with Gasteiger partial charge >= 0.3 is 0 Å². The van der Waals surface area contributed by atoms with E-state index in [4.69, 9.17) is 5.73 Å². The van der Waals surface area contributed by atoms with E-state index in [2.05, 4.69) is 4.98 Å². The first-order chi connectivity index (χ1) is 8.58. The molecule has 0 amide bonds. The minimum Gasteiger partial charge on any atom is -0.324 e. The Balaban J connectivity index is 2.24. The molecule has 2 nitrogen and oxygen atoms in total. The maximum Gasteiger partial charge on any atom is 0.123 e. The van der Waals surface area contributed by atoms with Crippen molar-refractivity contribution < 1.29 is 4.39 Å². The first kappa shape index (κ1) is 12.7. The topological polar surface area (TPSA) is 38.9 Å². The summed E-state index contributed by atoms with van der Waals surface area (Å²) in [5.74, 6) is -0.217. The predicted octanol–water partition coefficient (Wildman–Crippen LogP) is 3.08. The number of hydrogen-bond donors (Lipinski definition) is 1. The van der Waals surface area contributed by atoms with Gasteiger partial charge in [-0.05, 0) is 60.7 Å². The highest BCUT2D eigenvalue weighted by Gasteiger charge is 2.11. The molecule has 2 rings (SSSR count). The molecule has 0 aliphatic rings. The number of pyridine rings is 1. The van der Waals surface area contributed by atoms with E-state index in [1.807, 2.05) is 19.9 Å². The van der Waals surface area contributed by atoms with Gasteiger partial charge in [-0.1, -0.05) is 6.07 Å². The molecule has 2 N–H and O–H groups in total. The lowest BCUT2D eigenvalue weighted by atomic mass is 9.95. The minimum absolute atomic E-state index is 0.154. The normalized spacial score (nSPS) is 12.4. The number of benzene rings is 1. The fraction of sp³-hybridized carbons (Fsp3) is 0.267. The summed E-state index contributed by atoms with van der Waals surface area (Å²) in [6, 6.07) is 6.60. The maximum absolute atomic E-state index is 13.2. The number of rotatable bonds is 3. The van der Waals surface area contributed by atoms with Crippen LogP contribution in [0, 0.1) is 19.7 Å². The van der Waals surface area contributed by atoms with Crippen molar-refractivity contribution in [1.82, 2.24) is 4.98 Å². The number of aryl methyl sites for hydroxylation is 2. The molecule has 0 spiro atoms. The summed E-state index contributed by atoms with van der Waals surface area (Å²) in [6.45, 7) is 3.98. The monoisotopic (exact) mass is 244 g/mol. The second-order valence-corrected chi connectivity index (χ2v) is 4.61. The Morgan fingerprint density at radius 3 is 2.72 bits per heavy atom. The second-order valence-electron chi connectivity index (χ2n) is 4.61. The molecule has 1 unspecified atom stereocenters. The van der Waals surface area contributed by atoms with Gasteiger partial charge in [-0.15, -0.1) is 0 Å². The Kier molecular flexibility index (Phi) is 3.72. The number of hydrogen-bond acceptors (Lipinski definition) is 2. The zero-order valence-corrected chi connectivity index (χ0v) is 10.7. The molecule has 0 saturated heterocycles. The van der Waals surface area contributed by atoms with E-state index < -0.39 is 0 Å². The largest absolute Gasteiger partial charge is 0.324 e. The molecule has 1 aromatic heterocycles. The number of nitrogens with two attached hydrogens (primary N) is 1. The molecule has 2 aromatic rings. The molecular weight excluding hydrogens is 227 g/mol. The van der Waals surface area contributed by atoms with Gasteiger partial charge in [-0.25, -0.2) is 4.39 Å². The Bertz CT molecular complexity index is 552. The van der Waals surface area contributed by atoms with Crippen LogP contribution in [0.3, 0.4) is 0 Å². The molecule has 94 valence electrons. The number of nitrogens with zero attached hydrogens (tertiary/aromatic N) is 1. The first-order valence-corrected chi connectivity index (χ1v) is 5.99. The van der Waals surface area contributed by atoms with E-state index in [-0.39, 0.29) is 11.9 Å². The average molecular weight is 244 g/mol. The third kappa shape index (κ3) is 2.74. The molecule has 1 heterocycles. The van der Waals surface area contributed by atoms with Crippen LogP contribution in [-0.4, -0.2) is 4.98 Å². The lowest BCUT2D eigenvalue weighted by molar-refractivity contribution is 0.620. The fourth-order valence-electron chi connectivity index (χ4n) is 2.07. The Labute approximate surface area is 107 Å². The second kappa shape index (κ2) is 5.27. The van der Waals surface area contributed by atoms with Crippen molar-refractivity contribution in [3.63, 3.8) is 0 Å². The van der Waals surface area contributed by atoms with Crippen LogP contribution in [0.15, 0.2) is 36.7 Å². The van der Waals surface area contributed by atoms with Gasteiger partial charge in [0.1, 0.15) is 5.82 Å². The molecular formula is C15H17FN2. The van der Waals surface area contributed by atoms with Crippen LogP contribution in [0.25, 0.3) is 0 Å². The summed E-state index contributed by atoms with van der Waals surface area (Å²) in [5.41, 5.74) is 10.3. The molecule has 0 bridgehead atoms. The summed E-state index contributed by atoms with van der Waals surface area (Å²) >= 11 is 0. The highest BCUT2D eigenvalue weighted by atomic mass is 19.1. The third-order valence-corrected chi connectivity index (χ3v) is 3.23. The Morgan fingerprint density at radius 1 is 1.22 bits per heavy atom. The molecule has 0 aliphatic carbocycles. The standard InChI is InChI=1S/C15H17FN2/c1-10-3-4-13(16)7-12(10)8-15(17)14-9-18-6-5-11(14)2/h3-7,9,15H,8,17H2,1-2H3. The lowest BCUT2D eigenvalue weighted by Crippen LogP contribution is -2.15. The van der Waals surface area contributed by atoms with E-state index in [1.165, 1.54) is 6.07 Å². The predicted molar refractivity (Wildman–Crippen MR) is 70.7 cm³/mol. The Morgan fingerprint density at radius 2 is 2.00 bits per heavy atom. The average Bonchev–Trinajstić information content (AvgIpc) is 2.34. The van der Waals surface area contributed by atoms with Crippen LogP contribution >= 0.6 is 0 Å². The maximum atomic E-state index is 13.2. The lowest BCUT2D eigenvalue weighted by Gasteiger charge is -2.15. The highest BCUT2D eigenvalue weighted by Crippen LogP contribution is 2.21. The van der Waals surface area contributed by atoms with Crippen molar-refractivity contribution in [1.29, 1.82) is 0 Å².